The highest BCUT2D eigenvalue weighted by atomic mass is 127. The van der Waals surface area contributed by atoms with Gasteiger partial charge in [0.1, 0.15) is 6.61 Å². The summed E-state index contributed by atoms with van der Waals surface area (Å²) in [5.41, 5.74) is 0.0834. The number of benzene rings is 1. The number of nitrogens with zero attached hydrogens (tertiary/aromatic N) is 2. The minimum absolute atomic E-state index is 0.171. The van der Waals surface area contributed by atoms with Gasteiger partial charge in [-0.05, 0) is 35.2 Å². The van der Waals surface area contributed by atoms with Gasteiger partial charge in [-0.25, -0.2) is 0 Å². The number of ether oxygens (including phenoxy) is 1. The molecule has 0 aliphatic carbocycles. The maximum atomic E-state index is 10.9. The zero-order chi connectivity index (χ0) is 13.5. The Hall–Kier alpha value is -1.40. The minimum atomic E-state index is -0.536. The van der Waals surface area contributed by atoms with Crippen LogP contribution >= 0.6 is 22.6 Å². The van der Waals surface area contributed by atoms with Gasteiger partial charge in [0.05, 0.1) is 20.1 Å². The molecule has 0 radical (unpaired) electrons. The van der Waals surface area contributed by atoms with Gasteiger partial charge in [-0.15, -0.1) is 0 Å². The van der Waals surface area contributed by atoms with Crippen molar-refractivity contribution in [2.45, 2.75) is 6.92 Å². The Balaban J connectivity index is 2.95. The van der Waals surface area contributed by atoms with Crippen LogP contribution in [0.2, 0.25) is 0 Å². The summed E-state index contributed by atoms with van der Waals surface area (Å²) in [4.78, 5) is 10.4. The number of nitro groups is 1. The van der Waals surface area contributed by atoms with Crippen LogP contribution in [0.4, 0.5) is 5.69 Å². The summed E-state index contributed by atoms with van der Waals surface area (Å²) in [6, 6.07) is 4.68. The second-order valence-electron chi connectivity index (χ2n) is 3.38. The van der Waals surface area contributed by atoms with E-state index >= 15 is 0 Å². The zero-order valence-electron chi connectivity index (χ0n) is 9.77. The third-order valence-corrected chi connectivity index (χ3v) is 2.93. The molecule has 96 valence electrons. The largest absolute Gasteiger partial charge is 0.485 e. The van der Waals surface area contributed by atoms with Crippen molar-refractivity contribution in [1.82, 2.24) is 5.32 Å². The molecule has 0 spiro atoms. The molecule has 18 heavy (non-hydrogen) atoms. The van der Waals surface area contributed by atoms with Crippen LogP contribution in [0.1, 0.15) is 12.5 Å². The van der Waals surface area contributed by atoms with Gasteiger partial charge >= 0.3 is 5.69 Å². The number of nitrogens with one attached hydrogen (secondary N) is 1. The van der Waals surface area contributed by atoms with E-state index < -0.39 is 4.92 Å². The Morgan fingerprint density at radius 3 is 2.89 bits per heavy atom. The zero-order valence-corrected chi connectivity index (χ0v) is 11.9. The molecule has 0 fully saturated rings. The lowest BCUT2D eigenvalue weighted by molar-refractivity contribution is -0.386. The first-order chi connectivity index (χ1) is 8.60. The fourth-order valence-electron chi connectivity index (χ4n) is 1.32. The number of nitriles is 1. The number of rotatable bonds is 6. The average Bonchev–Trinajstić information content (AvgIpc) is 2.35. The summed E-state index contributed by atoms with van der Waals surface area (Å²) in [5, 5.41) is 22.8. The number of nitro benzene ring substituents is 1. The van der Waals surface area contributed by atoms with E-state index in [0.717, 1.165) is 6.54 Å². The lowest BCUT2D eigenvalue weighted by Gasteiger charge is -2.09. The standard InChI is InChI=1S/C11H12IN3O3/c1-2-14-3-4-18-11-9(12)5-8(7-13)6-10(11)15(16)17/h5-6,14H,2-4H2,1H3. The summed E-state index contributed by atoms with van der Waals surface area (Å²) >= 11 is 1.93. The molecule has 0 unspecified atom stereocenters. The smallest absolute Gasteiger partial charge is 0.313 e. The van der Waals surface area contributed by atoms with E-state index in [-0.39, 0.29) is 17.0 Å². The first-order valence-electron chi connectivity index (χ1n) is 5.31. The average molecular weight is 361 g/mol. The number of hydrogen-bond donors (Lipinski definition) is 1. The summed E-state index contributed by atoms with van der Waals surface area (Å²) in [6.45, 7) is 3.74. The van der Waals surface area contributed by atoms with Crippen LogP contribution in [0, 0.1) is 25.0 Å². The molecule has 0 heterocycles. The fourth-order valence-corrected chi connectivity index (χ4v) is 2.09. The second-order valence-corrected chi connectivity index (χ2v) is 4.54. The minimum Gasteiger partial charge on any atom is -0.485 e. The van der Waals surface area contributed by atoms with Gasteiger partial charge in [0.15, 0.2) is 0 Å². The summed E-state index contributed by atoms with van der Waals surface area (Å²) in [5.74, 6) is 0.220. The predicted octanol–water partition coefficient (Wildman–Crippen LogP) is 2.06. The van der Waals surface area contributed by atoms with E-state index in [0.29, 0.717) is 16.7 Å². The first kappa shape index (κ1) is 14.7. The SMILES string of the molecule is CCNCCOc1c(I)cc(C#N)cc1[N+](=O)[O-]. The van der Waals surface area contributed by atoms with Crippen LogP contribution in [-0.4, -0.2) is 24.6 Å². The Kier molecular flexibility index (Phi) is 5.80. The van der Waals surface area contributed by atoms with Crippen LogP contribution in [0.15, 0.2) is 12.1 Å². The molecule has 0 saturated carbocycles. The molecule has 1 aromatic rings. The summed E-state index contributed by atoms with van der Waals surface area (Å²) in [7, 11) is 0. The molecule has 0 aromatic heterocycles. The molecule has 0 aliphatic rings. The number of likely N-dealkylation sites (N-methyl/N-ethyl adjacent to an activating group) is 1. The van der Waals surface area contributed by atoms with Crippen molar-refractivity contribution in [3.63, 3.8) is 0 Å². The lowest BCUT2D eigenvalue weighted by atomic mass is 10.2. The monoisotopic (exact) mass is 361 g/mol. The van der Waals surface area contributed by atoms with Gasteiger partial charge < -0.3 is 10.1 Å². The van der Waals surface area contributed by atoms with Gasteiger partial charge in [-0.3, -0.25) is 10.1 Å². The molecule has 0 aliphatic heterocycles. The van der Waals surface area contributed by atoms with E-state index in [1.165, 1.54) is 6.07 Å². The van der Waals surface area contributed by atoms with E-state index in [9.17, 15) is 10.1 Å². The van der Waals surface area contributed by atoms with E-state index in [1.807, 2.05) is 35.6 Å². The van der Waals surface area contributed by atoms with Gasteiger partial charge in [0.2, 0.25) is 5.75 Å². The maximum absolute atomic E-state index is 10.9. The van der Waals surface area contributed by atoms with Crippen molar-refractivity contribution in [2.75, 3.05) is 19.7 Å². The van der Waals surface area contributed by atoms with Crippen molar-refractivity contribution in [2.24, 2.45) is 0 Å². The van der Waals surface area contributed by atoms with Gasteiger partial charge in [-0.1, -0.05) is 6.92 Å². The molecule has 0 amide bonds. The molecule has 7 heteroatoms. The number of halogens is 1. The molecule has 1 N–H and O–H groups in total. The van der Waals surface area contributed by atoms with Crippen molar-refractivity contribution in [3.8, 4) is 11.8 Å². The Morgan fingerprint density at radius 2 is 2.33 bits per heavy atom. The van der Waals surface area contributed by atoms with Gasteiger partial charge in [0.25, 0.3) is 0 Å². The Morgan fingerprint density at radius 1 is 1.61 bits per heavy atom. The molecule has 0 atom stereocenters. The van der Waals surface area contributed by atoms with E-state index in [1.54, 1.807) is 6.07 Å². The molecular formula is C11H12IN3O3. The quantitative estimate of drug-likeness (QED) is 0.363. The fraction of sp³-hybridized carbons (Fsp3) is 0.364. The first-order valence-corrected chi connectivity index (χ1v) is 6.39. The highest BCUT2D eigenvalue weighted by Gasteiger charge is 2.20. The van der Waals surface area contributed by atoms with Gasteiger partial charge in [-0.2, -0.15) is 5.26 Å². The highest BCUT2D eigenvalue weighted by Crippen LogP contribution is 2.33. The van der Waals surface area contributed by atoms with Gasteiger partial charge in [0, 0.05) is 12.6 Å². The van der Waals surface area contributed by atoms with Crippen molar-refractivity contribution >= 4 is 28.3 Å². The second kappa shape index (κ2) is 7.13. The highest BCUT2D eigenvalue weighted by molar-refractivity contribution is 14.1. The molecular weight excluding hydrogens is 349 g/mol. The summed E-state index contributed by atoms with van der Waals surface area (Å²) in [6.07, 6.45) is 0. The lowest BCUT2D eigenvalue weighted by Crippen LogP contribution is -2.20. The molecule has 6 nitrogen and oxygen atoms in total. The van der Waals surface area contributed by atoms with Crippen molar-refractivity contribution in [1.29, 1.82) is 5.26 Å². The predicted molar refractivity (Wildman–Crippen MR) is 74.6 cm³/mol. The normalized spacial score (nSPS) is 9.83. The maximum Gasteiger partial charge on any atom is 0.313 e. The Labute approximate surface area is 118 Å². The van der Waals surface area contributed by atoms with E-state index in [4.69, 9.17) is 10.00 Å². The molecule has 0 saturated heterocycles. The van der Waals surface area contributed by atoms with Crippen LogP contribution < -0.4 is 10.1 Å². The molecule has 1 aromatic carbocycles. The summed E-state index contributed by atoms with van der Waals surface area (Å²) < 4.78 is 5.97. The van der Waals surface area contributed by atoms with Crippen LogP contribution in [-0.2, 0) is 0 Å². The number of hydrogen-bond acceptors (Lipinski definition) is 5. The topological polar surface area (TPSA) is 88.2 Å². The molecule has 1 rings (SSSR count). The van der Waals surface area contributed by atoms with Crippen molar-refractivity contribution < 1.29 is 9.66 Å². The third kappa shape index (κ3) is 3.82. The van der Waals surface area contributed by atoms with Crippen LogP contribution in [0.25, 0.3) is 0 Å². The third-order valence-electron chi connectivity index (χ3n) is 2.13. The van der Waals surface area contributed by atoms with E-state index in [2.05, 4.69) is 5.32 Å². The van der Waals surface area contributed by atoms with Crippen LogP contribution in [0.5, 0.6) is 5.75 Å². The van der Waals surface area contributed by atoms with Crippen molar-refractivity contribution in [3.05, 3.63) is 31.4 Å². The molecule has 0 bridgehead atoms. The Bertz CT molecular complexity index is 485. The van der Waals surface area contributed by atoms with Crippen LogP contribution in [0.3, 0.4) is 0 Å².